The Morgan fingerprint density at radius 1 is 0.810 bits per heavy atom. The van der Waals surface area contributed by atoms with Crippen LogP contribution in [0.25, 0.3) is 0 Å². The minimum absolute atomic E-state index is 0.0282. The lowest BCUT2D eigenvalue weighted by Gasteiger charge is -2.26. The van der Waals surface area contributed by atoms with Gasteiger partial charge in [-0.25, -0.2) is 4.79 Å². The molecule has 0 spiro atoms. The molecule has 7 heteroatoms. The van der Waals surface area contributed by atoms with Crippen LogP contribution in [0.5, 0.6) is 23.0 Å². The molecule has 3 aromatic carbocycles. The highest BCUT2D eigenvalue weighted by molar-refractivity contribution is 5.91. The fourth-order valence-corrected chi connectivity index (χ4v) is 4.89. The summed E-state index contributed by atoms with van der Waals surface area (Å²) in [4.78, 5) is 12.8. The van der Waals surface area contributed by atoms with Gasteiger partial charge >= 0.3 is 5.97 Å². The second-order valence-corrected chi connectivity index (χ2v) is 10.4. The number of carbonyl (C=O) groups is 1. The van der Waals surface area contributed by atoms with Crippen LogP contribution in [0.15, 0.2) is 78.2 Å². The van der Waals surface area contributed by atoms with Crippen molar-refractivity contribution in [3.05, 3.63) is 94.9 Å². The lowest BCUT2D eigenvalue weighted by Crippen LogP contribution is -2.21. The summed E-state index contributed by atoms with van der Waals surface area (Å²) in [7, 11) is 0. The molecule has 42 heavy (non-hydrogen) atoms. The van der Waals surface area contributed by atoms with E-state index in [-0.39, 0.29) is 5.88 Å². The van der Waals surface area contributed by atoms with Gasteiger partial charge in [-0.15, -0.1) is 0 Å². The van der Waals surface area contributed by atoms with E-state index in [9.17, 15) is 10.1 Å². The van der Waals surface area contributed by atoms with Gasteiger partial charge in [0.1, 0.15) is 34.6 Å². The molecule has 220 valence electrons. The van der Waals surface area contributed by atoms with Gasteiger partial charge in [0.15, 0.2) is 0 Å². The van der Waals surface area contributed by atoms with Crippen LogP contribution in [0, 0.1) is 11.3 Å². The molecule has 2 N–H and O–H groups in total. The van der Waals surface area contributed by atoms with E-state index in [2.05, 4.69) is 19.9 Å². The summed E-state index contributed by atoms with van der Waals surface area (Å²) in [5, 5.41) is 9.90. The third-order valence-corrected chi connectivity index (χ3v) is 7.24. The number of carbonyl (C=O) groups excluding carboxylic acids is 1. The van der Waals surface area contributed by atoms with E-state index in [1.807, 2.05) is 24.3 Å². The molecule has 1 unspecified atom stereocenters. The zero-order chi connectivity index (χ0) is 29.7. The monoisotopic (exact) mass is 568 g/mol. The number of hydrogen-bond donors (Lipinski definition) is 1. The zero-order valence-corrected chi connectivity index (χ0v) is 24.6. The summed E-state index contributed by atoms with van der Waals surface area (Å²) in [6, 6.07) is 22.0. The van der Waals surface area contributed by atoms with Crippen molar-refractivity contribution in [1.29, 1.82) is 5.26 Å². The number of hydrogen-bond acceptors (Lipinski definition) is 7. The Morgan fingerprint density at radius 3 is 2.02 bits per heavy atom. The average Bonchev–Trinajstić information content (AvgIpc) is 3.01. The Bertz CT molecular complexity index is 1390. The SMILES string of the molecule is CCCCCCCOc1ccc(C2C(C#N)=C(N)Oc3cc(OC(=O)c4ccc(OCCCCC)cc4)ccc32)cc1. The maximum Gasteiger partial charge on any atom is 0.343 e. The molecule has 0 radical (unpaired) electrons. The second kappa shape index (κ2) is 15.5. The molecule has 0 aliphatic carbocycles. The van der Waals surface area contributed by atoms with Crippen LogP contribution in [-0.4, -0.2) is 19.2 Å². The lowest BCUT2D eigenvalue weighted by atomic mass is 9.83. The quantitative estimate of drug-likeness (QED) is 0.112. The second-order valence-electron chi connectivity index (χ2n) is 10.4. The molecule has 0 saturated carbocycles. The number of nitrogens with zero attached hydrogens (tertiary/aromatic N) is 1. The van der Waals surface area contributed by atoms with E-state index in [1.165, 1.54) is 19.3 Å². The number of ether oxygens (including phenoxy) is 4. The Hall–Kier alpha value is -4.44. The van der Waals surface area contributed by atoms with E-state index in [0.717, 1.165) is 49.0 Å². The van der Waals surface area contributed by atoms with E-state index >= 15 is 0 Å². The molecule has 0 saturated heterocycles. The predicted octanol–water partition coefficient (Wildman–Crippen LogP) is 8.04. The molecule has 0 fully saturated rings. The molecule has 1 atom stereocenters. The Labute approximate surface area is 248 Å². The van der Waals surface area contributed by atoms with Crippen LogP contribution < -0.4 is 24.7 Å². The van der Waals surface area contributed by atoms with Gasteiger partial charge in [0.25, 0.3) is 0 Å². The molecule has 0 aromatic heterocycles. The van der Waals surface area contributed by atoms with E-state index in [4.69, 9.17) is 24.7 Å². The summed E-state index contributed by atoms with van der Waals surface area (Å²) in [6.45, 7) is 5.68. The Balaban J connectivity index is 1.43. The molecule has 0 amide bonds. The third kappa shape index (κ3) is 8.07. The number of nitrogens with two attached hydrogens (primary N) is 1. The maximum atomic E-state index is 12.8. The van der Waals surface area contributed by atoms with E-state index in [1.54, 1.807) is 42.5 Å². The smallest absolute Gasteiger partial charge is 0.343 e. The number of rotatable bonds is 15. The average molecular weight is 569 g/mol. The maximum absolute atomic E-state index is 12.8. The van der Waals surface area contributed by atoms with Gasteiger partial charge in [-0.3, -0.25) is 0 Å². The highest BCUT2D eigenvalue weighted by atomic mass is 16.5. The topological polar surface area (TPSA) is 104 Å². The van der Waals surface area contributed by atoms with Gasteiger partial charge in [0.2, 0.25) is 5.88 Å². The van der Waals surface area contributed by atoms with Gasteiger partial charge in [-0.2, -0.15) is 5.26 Å². The van der Waals surface area contributed by atoms with Crippen LogP contribution in [-0.2, 0) is 0 Å². The lowest BCUT2D eigenvalue weighted by molar-refractivity contribution is 0.0734. The van der Waals surface area contributed by atoms with Crippen LogP contribution in [0.3, 0.4) is 0 Å². The standard InChI is InChI=1S/C35H40N2O5/c1-3-5-7-8-10-22-40-27-15-11-25(12-16-27)33-30-20-19-29(23-32(30)42-34(37)31(33)24-36)41-35(38)26-13-17-28(18-14-26)39-21-9-6-4-2/h11-20,23,33H,3-10,21-22,37H2,1-2H3. The molecule has 4 rings (SSSR count). The largest absolute Gasteiger partial charge is 0.494 e. The highest BCUT2D eigenvalue weighted by Crippen LogP contribution is 2.43. The fourth-order valence-electron chi connectivity index (χ4n) is 4.89. The first-order chi connectivity index (χ1) is 20.5. The summed E-state index contributed by atoms with van der Waals surface area (Å²) in [6.07, 6.45) is 9.15. The van der Waals surface area contributed by atoms with Gasteiger partial charge in [-0.05, 0) is 60.9 Å². The molecule has 1 heterocycles. The van der Waals surface area contributed by atoms with E-state index < -0.39 is 11.9 Å². The van der Waals surface area contributed by atoms with Crippen LogP contribution in [0.2, 0.25) is 0 Å². The number of benzene rings is 3. The van der Waals surface area contributed by atoms with Crippen molar-refractivity contribution >= 4 is 5.97 Å². The van der Waals surface area contributed by atoms with Crippen LogP contribution in [0.4, 0.5) is 0 Å². The first kappa shape index (κ1) is 30.5. The molecule has 0 bridgehead atoms. The van der Waals surface area contributed by atoms with E-state index in [0.29, 0.717) is 41.6 Å². The number of allylic oxidation sites excluding steroid dienone is 1. The summed E-state index contributed by atoms with van der Waals surface area (Å²) < 4.78 is 23.1. The Kier molecular flexibility index (Phi) is 11.3. The van der Waals surface area contributed by atoms with Crippen molar-refractivity contribution in [3.63, 3.8) is 0 Å². The zero-order valence-electron chi connectivity index (χ0n) is 24.6. The van der Waals surface area contributed by atoms with Crippen molar-refractivity contribution in [2.75, 3.05) is 13.2 Å². The first-order valence-electron chi connectivity index (χ1n) is 14.9. The summed E-state index contributed by atoms with van der Waals surface area (Å²) in [5.74, 6) is 1.36. The summed E-state index contributed by atoms with van der Waals surface area (Å²) >= 11 is 0. The van der Waals surface area contributed by atoms with Crippen LogP contribution in [0.1, 0.15) is 92.6 Å². The van der Waals surface area contributed by atoms with Crippen LogP contribution >= 0.6 is 0 Å². The minimum atomic E-state index is -0.498. The van der Waals surface area contributed by atoms with Crippen molar-refractivity contribution in [2.24, 2.45) is 5.73 Å². The van der Waals surface area contributed by atoms with Gasteiger partial charge in [0.05, 0.1) is 24.7 Å². The van der Waals surface area contributed by atoms with Gasteiger partial charge in [-0.1, -0.05) is 70.6 Å². The normalized spacial score (nSPS) is 14.0. The fraction of sp³-hybridized carbons (Fsp3) is 0.371. The highest BCUT2D eigenvalue weighted by Gasteiger charge is 2.31. The number of esters is 1. The molecule has 7 nitrogen and oxygen atoms in total. The van der Waals surface area contributed by atoms with Gasteiger partial charge < -0.3 is 24.7 Å². The number of nitriles is 1. The number of unbranched alkanes of at least 4 members (excludes halogenated alkanes) is 6. The molecular weight excluding hydrogens is 528 g/mol. The Morgan fingerprint density at radius 2 is 1.38 bits per heavy atom. The van der Waals surface area contributed by atoms with Crippen molar-refractivity contribution in [3.8, 4) is 29.1 Å². The first-order valence-corrected chi connectivity index (χ1v) is 14.9. The minimum Gasteiger partial charge on any atom is -0.494 e. The summed E-state index contributed by atoms with van der Waals surface area (Å²) in [5.41, 5.74) is 8.55. The predicted molar refractivity (Wildman–Crippen MR) is 163 cm³/mol. The van der Waals surface area contributed by atoms with Crippen molar-refractivity contribution in [1.82, 2.24) is 0 Å². The van der Waals surface area contributed by atoms with Gasteiger partial charge in [0, 0.05) is 11.6 Å². The van der Waals surface area contributed by atoms with Crippen molar-refractivity contribution in [2.45, 2.75) is 71.1 Å². The third-order valence-electron chi connectivity index (χ3n) is 7.24. The molecular formula is C35H40N2O5. The molecule has 1 aliphatic heterocycles. The number of fused-ring (bicyclic) bond motifs is 1. The molecule has 1 aliphatic rings. The molecule has 3 aromatic rings. The van der Waals surface area contributed by atoms with Crippen molar-refractivity contribution < 1.29 is 23.7 Å².